The summed E-state index contributed by atoms with van der Waals surface area (Å²) in [6, 6.07) is 10.3. The molecule has 178 valence electrons. The van der Waals surface area contributed by atoms with Crippen LogP contribution in [0.5, 0.6) is 5.75 Å². The number of amidine groups is 1. The van der Waals surface area contributed by atoms with Crippen molar-refractivity contribution >= 4 is 23.5 Å². The summed E-state index contributed by atoms with van der Waals surface area (Å²) in [4.78, 5) is 26.9. The van der Waals surface area contributed by atoms with Crippen molar-refractivity contribution in [2.24, 2.45) is 5.16 Å². The van der Waals surface area contributed by atoms with Gasteiger partial charge in [-0.3, -0.25) is 4.79 Å². The number of aryl methyl sites for hydroxylation is 1. The standard InChI is InChI=1S/C26H24FN5O3/c1-16-14-31(15-28-16)22-8-6-17(12-23(22)34-3)11-18-5-4-10-32-24(18)29-35-26(32)20-13-19(27)7-9-21(20)30(2)25(26)33/h6-9,11-15H,4-5,10H2,1-3H3/b18-11+/t26-/m0/s1. The molecule has 1 fully saturated rings. The summed E-state index contributed by atoms with van der Waals surface area (Å²) in [6.07, 6.45) is 7.31. The van der Waals surface area contributed by atoms with Crippen LogP contribution in [0, 0.1) is 12.7 Å². The van der Waals surface area contributed by atoms with Gasteiger partial charge in [0.1, 0.15) is 11.6 Å². The van der Waals surface area contributed by atoms with Crippen LogP contribution in [0.25, 0.3) is 11.8 Å². The van der Waals surface area contributed by atoms with Crippen molar-refractivity contribution in [1.29, 1.82) is 0 Å². The third kappa shape index (κ3) is 3.07. The van der Waals surface area contributed by atoms with E-state index in [1.165, 1.54) is 17.0 Å². The number of imidazole rings is 1. The Morgan fingerprint density at radius 3 is 2.80 bits per heavy atom. The van der Waals surface area contributed by atoms with Crippen molar-refractivity contribution in [3.63, 3.8) is 0 Å². The van der Waals surface area contributed by atoms with Crippen LogP contribution in [0.4, 0.5) is 10.1 Å². The van der Waals surface area contributed by atoms with Crippen LogP contribution < -0.4 is 9.64 Å². The molecule has 3 aliphatic heterocycles. The number of rotatable bonds is 3. The first-order valence-corrected chi connectivity index (χ1v) is 11.4. The van der Waals surface area contributed by atoms with Crippen molar-refractivity contribution < 1.29 is 18.8 Å². The van der Waals surface area contributed by atoms with Gasteiger partial charge in [-0.1, -0.05) is 11.2 Å². The summed E-state index contributed by atoms with van der Waals surface area (Å²) < 4.78 is 21.8. The summed E-state index contributed by atoms with van der Waals surface area (Å²) in [5.74, 6) is 0.613. The number of ether oxygens (including phenoxy) is 1. The fraction of sp³-hybridized carbons (Fsp3) is 0.269. The van der Waals surface area contributed by atoms with E-state index in [0.717, 1.165) is 35.4 Å². The molecule has 0 aliphatic carbocycles. The van der Waals surface area contributed by atoms with Crippen molar-refractivity contribution in [2.45, 2.75) is 25.5 Å². The molecule has 0 N–H and O–H groups in total. The Morgan fingerprint density at radius 2 is 2.03 bits per heavy atom. The lowest BCUT2D eigenvalue weighted by Gasteiger charge is -2.36. The van der Waals surface area contributed by atoms with Gasteiger partial charge in [-0.05, 0) is 67.3 Å². The Kier molecular flexibility index (Phi) is 4.70. The molecule has 3 aromatic rings. The topological polar surface area (TPSA) is 72.2 Å². The zero-order valence-electron chi connectivity index (χ0n) is 19.7. The molecular weight excluding hydrogens is 449 g/mol. The molecule has 0 saturated carbocycles. The molecule has 1 atom stereocenters. The maximum atomic E-state index is 14.2. The van der Waals surface area contributed by atoms with E-state index in [-0.39, 0.29) is 5.91 Å². The maximum absolute atomic E-state index is 14.2. The van der Waals surface area contributed by atoms with Crippen molar-refractivity contribution in [2.75, 3.05) is 25.6 Å². The highest BCUT2D eigenvalue weighted by Crippen LogP contribution is 2.49. The van der Waals surface area contributed by atoms with Crippen LogP contribution in [0.2, 0.25) is 0 Å². The number of hydrogen-bond donors (Lipinski definition) is 0. The van der Waals surface area contributed by atoms with Gasteiger partial charge in [-0.2, -0.15) is 0 Å². The number of methoxy groups -OCH3 is 1. The van der Waals surface area contributed by atoms with Crippen molar-refractivity contribution in [3.8, 4) is 11.4 Å². The normalized spacial score (nSPS) is 21.9. The molecule has 8 nitrogen and oxygen atoms in total. The van der Waals surface area contributed by atoms with Gasteiger partial charge in [-0.25, -0.2) is 9.37 Å². The summed E-state index contributed by atoms with van der Waals surface area (Å²) in [5, 5.41) is 4.36. The lowest BCUT2D eigenvalue weighted by atomic mass is 9.95. The number of oxime groups is 1. The molecule has 0 radical (unpaired) electrons. The molecule has 6 rings (SSSR count). The van der Waals surface area contributed by atoms with Crippen LogP contribution in [0.3, 0.4) is 0 Å². The van der Waals surface area contributed by atoms with Gasteiger partial charge < -0.3 is 23.9 Å². The second kappa shape index (κ2) is 7.69. The number of piperidine rings is 1. The molecule has 1 aromatic heterocycles. The number of fused-ring (bicyclic) bond motifs is 4. The maximum Gasteiger partial charge on any atom is 0.318 e. The Morgan fingerprint density at radius 1 is 1.20 bits per heavy atom. The van der Waals surface area contributed by atoms with Crippen molar-refractivity contribution in [1.82, 2.24) is 14.5 Å². The molecule has 35 heavy (non-hydrogen) atoms. The number of carbonyl (C=O) groups excluding carboxylic acids is 1. The lowest BCUT2D eigenvalue weighted by Crippen LogP contribution is -2.54. The number of likely N-dealkylation sites (N-methyl/N-ethyl adjacent to an activating group) is 1. The minimum Gasteiger partial charge on any atom is -0.495 e. The predicted octanol–water partition coefficient (Wildman–Crippen LogP) is 3.98. The Bertz CT molecular complexity index is 1430. The van der Waals surface area contributed by atoms with Crippen LogP contribution in [-0.4, -0.2) is 46.9 Å². The average molecular weight is 474 g/mol. The smallest absolute Gasteiger partial charge is 0.318 e. The van der Waals surface area contributed by atoms with Crippen LogP contribution in [0.15, 0.2) is 59.7 Å². The van der Waals surface area contributed by atoms with Gasteiger partial charge in [0.05, 0.1) is 36.1 Å². The number of amides is 1. The van der Waals surface area contributed by atoms with Crippen LogP contribution in [0.1, 0.15) is 29.7 Å². The first kappa shape index (κ1) is 21.4. The van der Waals surface area contributed by atoms with E-state index in [2.05, 4.69) is 10.1 Å². The molecular formula is C26H24FN5O3. The van der Waals surface area contributed by atoms with Crippen LogP contribution >= 0.6 is 0 Å². The zero-order chi connectivity index (χ0) is 24.3. The number of halogens is 1. The minimum atomic E-state index is -1.47. The fourth-order valence-corrected chi connectivity index (χ4v) is 5.15. The fourth-order valence-electron chi connectivity index (χ4n) is 5.15. The number of benzene rings is 2. The van der Waals surface area contributed by atoms with Gasteiger partial charge in [0.25, 0.3) is 5.91 Å². The highest BCUT2D eigenvalue weighted by molar-refractivity contribution is 6.12. The minimum absolute atomic E-state index is 0.278. The van der Waals surface area contributed by atoms with Gasteiger partial charge in [0, 0.05) is 19.8 Å². The van der Waals surface area contributed by atoms with E-state index >= 15 is 0 Å². The molecule has 0 bridgehead atoms. The number of nitrogens with zero attached hydrogens (tertiary/aromatic N) is 5. The SMILES string of the molecule is COc1cc(/C=C2\CCCN3C2=NO[C@@]32C(=O)N(C)c3ccc(F)cc32)ccc1-n1cnc(C)c1. The van der Waals surface area contributed by atoms with Crippen molar-refractivity contribution in [3.05, 3.63) is 77.1 Å². The quantitative estimate of drug-likeness (QED) is 0.576. The summed E-state index contributed by atoms with van der Waals surface area (Å²) in [5.41, 5.74) is 3.32. The monoisotopic (exact) mass is 473 g/mol. The van der Waals surface area contributed by atoms with Gasteiger partial charge in [0.15, 0.2) is 5.84 Å². The molecule has 1 spiro atoms. The van der Waals surface area contributed by atoms with Gasteiger partial charge >= 0.3 is 5.72 Å². The largest absolute Gasteiger partial charge is 0.495 e. The zero-order valence-corrected chi connectivity index (χ0v) is 19.7. The Hall–Kier alpha value is -4.14. The molecule has 9 heteroatoms. The second-order valence-corrected chi connectivity index (χ2v) is 8.95. The predicted molar refractivity (Wildman–Crippen MR) is 129 cm³/mol. The molecule has 4 heterocycles. The first-order chi connectivity index (χ1) is 16.9. The van der Waals surface area contributed by atoms with Gasteiger partial charge in [-0.15, -0.1) is 0 Å². The number of anilines is 1. The molecule has 1 amide bonds. The van der Waals surface area contributed by atoms with E-state index < -0.39 is 11.5 Å². The van der Waals surface area contributed by atoms with E-state index in [4.69, 9.17) is 9.57 Å². The van der Waals surface area contributed by atoms with E-state index in [1.54, 1.807) is 26.6 Å². The average Bonchev–Trinajstić information content (AvgIpc) is 3.52. The summed E-state index contributed by atoms with van der Waals surface area (Å²) in [6.45, 7) is 2.52. The Balaban J connectivity index is 1.37. The highest BCUT2D eigenvalue weighted by Gasteiger charge is 2.62. The second-order valence-electron chi connectivity index (χ2n) is 8.95. The third-order valence-electron chi connectivity index (χ3n) is 6.83. The molecule has 0 unspecified atom stereocenters. The third-order valence-corrected chi connectivity index (χ3v) is 6.83. The number of carbonyl (C=O) groups is 1. The van der Waals surface area contributed by atoms with Crippen LogP contribution in [-0.2, 0) is 15.4 Å². The van der Waals surface area contributed by atoms with E-state index in [1.807, 2.05) is 46.9 Å². The number of aromatic nitrogens is 2. The summed E-state index contributed by atoms with van der Waals surface area (Å²) >= 11 is 0. The van der Waals surface area contributed by atoms with Gasteiger partial charge in [0.2, 0.25) is 0 Å². The first-order valence-electron chi connectivity index (χ1n) is 11.4. The molecule has 1 saturated heterocycles. The lowest BCUT2D eigenvalue weighted by molar-refractivity contribution is -0.157. The highest BCUT2D eigenvalue weighted by atomic mass is 19.1. The van der Waals surface area contributed by atoms with E-state index in [9.17, 15) is 9.18 Å². The molecule has 3 aliphatic rings. The Labute approximate surface area is 201 Å². The molecule has 2 aromatic carbocycles. The summed E-state index contributed by atoms with van der Waals surface area (Å²) in [7, 11) is 3.31. The van der Waals surface area contributed by atoms with E-state index in [0.29, 0.717) is 29.4 Å². The number of hydrogen-bond acceptors (Lipinski definition) is 6.